The van der Waals surface area contributed by atoms with Gasteiger partial charge in [-0.15, -0.1) is 0 Å². The maximum Gasteiger partial charge on any atom is 0.122 e. The van der Waals surface area contributed by atoms with Crippen LogP contribution in [0.15, 0.2) is 36.7 Å². The van der Waals surface area contributed by atoms with Gasteiger partial charge in [0.25, 0.3) is 0 Å². The summed E-state index contributed by atoms with van der Waals surface area (Å²) in [6.45, 7) is 9.37. The summed E-state index contributed by atoms with van der Waals surface area (Å²) in [5, 5.41) is 3.45. The van der Waals surface area contributed by atoms with Crippen molar-refractivity contribution in [3.63, 3.8) is 0 Å². The van der Waals surface area contributed by atoms with E-state index in [2.05, 4.69) is 66.1 Å². The van der Waals surface area contributed by atoms with Crippen LogP contribution >= 0.6 is 0 Å². The summed E-state index contributed by atoms with van der Waals surface area (Å²) in [5.41, 5.74) is 2.71. The molecule has 3 heteroatoms. The molecule has 0 unspecified atom stereocenters. The van der Waals surface area contributed by atoms with Crippen molar-refractivity contribution in [3.8, 4) is 0 Å². The number of rotatable bonds is 7. The minimum absolute atomic E-state index is 0.667. The van der Waals surface area contributed by atoms with Gasteiger partial charge in [0.05, 0.1) is 6.54 Å². The van der Waals surface area contributed by atoms with E-state index in [-0.39, 0.29) is 0 Å². The molecule has 0 atom stereocenters. The molecule has 1 heterocycles. The quantitative estimate of drug-likeness (QED) is 0.838. The van der Waals surface area contributed by atoms with Crippen molar-refractivity contribution >= 4 is 0 Å². The van der Waals surface area contributed by atoms with Crippen molar-refractivity contribution in [1.29, 1.82) is 0 Å². The second kappa shape index (κ2) is 7.25. The van der Waals surface area contributed by atoms with E-state index in [1.807, 2.05) is 6.20 Å². The highest BCUT2D eigenvalue weighted by atomic mass is 15.1. The Balaban J connectivity index is 1.96. The number of nitrogens with one attached hydrogen (secondary N) is 1. The molecular weight excluding hydrogens is 246 g/mol. The molecule has 0 aliphatic carbocycles. The van der Waals surface area contributed by atoms with Crippen LogP contribution in [-0.4, -0.2) is 16.1 Å². The standard InChI is InChI=1S/C17H25N3/c1-4-15-5-7-16(8-6-15)13-20-10-9-19-17(20)12-18-11-14(2)3/h5-10,14,18H,4,11-13H2,1-3H3. The first-order chi connectivity index (χ1) is 9.69. The number of hydrogen-bond donors (Lipinski definition) is 1. The van der Waals surface area contributed by atoms with Gasteiger partial charge in [-0.05, 0) is 30.0 Å². The zero-order valence-corrected chi connectivity index (χ0v) is 12.8. The fourth-order valence-electron chi connectivity index (χ4n) is 2.20. The summed E-state index contributed by atoms with van der Waals surface area (Å²) in [5.74, 6) is 1.77. The minimum Gasteiger partial charge on any atom is -0.329 e. The molecule has 0 amide bonds. The number of benzene rings is 1. The molecule has 20 heavy (non-hydrogen) atoms. The van der Waals surface area contributed by atoms with E-state index < -0.39 is 0 Å². The molecule has 0 aliphatic rings. The summed E-state index contributed by atoms with van der Waals surface area (Å²) in [4.78, 5) is 4.44. The summed E-state index contributed by atoms with van der Waals surface area (Å²) in [7, 11) is 0. The Bertz CT molecular complexity index is 511. The molecule has 1 aromatic carbocycles. The van der Waals surface area contributed by atoms with Gasteiger partial charge in [-0.3, -0.25) is 0 Å². The molecule has 0 fully saturated rings. The lowest BCUT2D eigenvalue weighted by Gasteiger charge is -2.10. The Hall–Kier alpha value is -1.61. The van der Waals surface area contributed by atoms with Gasteiger partial charge in [-0.25, -0.2) is 4.98 Å². The zero-order chi connectivity index (χ0) is 14.4. The van der Waals surface area contributed by atoms with E-state index in [1.165, 1.54) is 11.1 Å². The second-order valence-corrected chi connectivity index (χ2v) is 5.67. The van der Waals surface area contributed by atoms with Gasteiger partial charge >= 0.3 is 0 Å². The largest absolute Gasteiger partial charge is 0.329 e. The van der Waals surface area contributed by atoms with E-state index in [9.17, 15) is 0 Å². The molecule has 0 bridgehead atoms. The van der Waals surface area contributed by atoms with Gasteiger partial charge < -0.3 is 9.88 Å². The average molecular weight is 271 g/mol. The molecule has 2 rings (SSSR count). The van der Waals surface area contributed by atoms with E-state index in [1.54, 1.807) is 0 Å². The zero-order valence-electron chi connectivity index (χ0n) is 12.8. The van der Waals surface area contributed by atoms with Crippen molar-refractivity contribution in [2.45, 2.75) is 40.3 Å². The van der Waals surface area contributed by atoms with Gasteiger partial charge in [0, 0.05) is 18.9 Å². The normalized spacial score (nSPS) is 11.2. The smallest absolute Gasteiger partial charge is 0.122 e. The monoisotopic (exact) mass is 271 g/mol. The molecule has 0 radical (unpaired) electrons. The van der Waals surface area contributed by atoms with Gasteiger partial charge in [-0.1, -0.05) is 45.0 Å². The van der Waals surface area contributed by atoms with Crippen LogP contribution in [0.4, 0.5) is 0 Å². The first kappa shape index (κ1) is 14.8. The molecule has 0 aliphatic heterocycles. The lowest BCUT2D eigenvalue weighted by molar-refractivity contribution is 0.533. The van der Waals surface area contributed by atoms with Crippen LogP contribution < -0.4 is 5.32 Å². The second-order valence-electron chi connectivity index (χ2n) is 5.67. The molecule has 108 valence electrons. The van der Waals surface area contributed by atoms with Crippen LogP contribution in [0, 0.1) is 5.92 Å². The molecule has 3 nitrogen and oxygen atoms in total. The summed E-state index contributed by atoms with van der Waals surface area (Å²) in [6.07, 6.45) is 5.03. The van der Waals surface area contributed by atoms with Gasteiger partial charge in [0.1, 0.15) is 5.82 Å². The Morgan fingerprint density at radius 3 is 2.50 bits per heavy atom. The van der Waals surface area contributed by atoms with Crippen LogP contribution in [0.2, 0.25) is 0 Å². The van der Waals surface area contributed by atoms with Crippen LogP contribution in [0.5, 0.6) is 0 Å². The molecule has 0 spiro atoms. The molecule has 0 saturated heterocycles. The number of imidazole rings is 1. The van der Waals surface area contributed by atoms with E-state index in [0.717, 1.165) is 31.9 Å². The van der Waals surface area contributed by atoms with Gasteiger partial charge in [0.15, 0.2) is 0 Å². The van der Waals surface area contributed by atoms with Crippen molar-refractivity contribution in [2.24, 2.45) is 5.92 Å². The number of hydrogen-bond acceptors (Lipinski definition) is 2. The van der Waals surface area contributed by atoms with Gasteiger partial charge in [0.2, 0.25) is 0 Å². The van der Waals surface area contributed by atoms with E-state index in [0.29, 0.717) is 5.92 Å². The highest BCUT2D eigenvalue weighted by Gasteiger charge is 2.04. The SMILES string of the molecule is CCc1ccc(Cn2ccnc2CNCC(C)C)cc1. The highest BCUT2D eigenvalue weighted by Crippen LogP contribution is 2.08. The third kappa shape index (κ3) is 4.20. The van der Waals surface area contributed by atoms with Crippen molar-refractivity contribution in [3.05, 3.63) is 53.6 Å². The van der Waals surface area contributed by atoms with E-state index in [4.69, 9.17) is 0 Å². The predicted octanol–water partition coefficient (Wildman–Crippen LogP) is 3.24. The van der Waals surface area contributed by atoms with Gasteiger partial charge in [-0.2, -0.15) is 0 Å². The maximum absolute atomic E-state index is 4.44. The Morgan fingerprint density at radius 1 is 1.15 bits per heavy atom. The highest BCUT2D eigenvalue weighted by molar-refractivity contribution is 5.23. The Morgan fingerprint density at radius 2 is 1.85 bits per heavy atom. The first-order valence-corrected chi connectivity index (χ1v) is 7.47. The van der Waals surface area contributed by atoms with E-state index >= 15 is 0 Å². The van der Waals surface area contributed by atoms with Crippen LogP contribution in [0.1, 0.15) is 37.7 Å². The van der Waals surface area contributed by atoms with Crippen molar-refractivity contribution in [1.82, 2.24) is 14.9 Å². The lowest BCUT2D eigenvalue weighted by atomic mass is 10.1. The molecular formula is C17H25N3. The Labute approximate surface area is 122 Å². The first-order valence-electron chi connectivity index (χ1n) is 7.47. The fourth-order valence-corrected chi connectivity index (χ4v) is 2.20. The molecule has 1 N–H and O–H groups in total. The molecule has 1 aromatic heterocycles. The number of aryl methyl sites for hydroxylation is 1. The predicted molar refractivity (Wildman–Crippen MR) is 83.7 cm³/mol. The molecule has 2 aromatic rings. The fraction of sp³-hybridized carbons (Fsp3) is 0.471. The average Bonchev–Trinajstić information content (AvgIpc) is 2.87. The third-order valence-electron chi connectivity index (χ3n) is 3.42. The number of nitrogens with zero attached hydrogens (tertiary/aromatic N) is 2. The van der Waals surface area contributed by atoms with Crippen LogP contribution in [0.3, 0.4) is 0 Å². The lowest BCUT2D eigenvalue weighted by Crippen LogP contribution is -2.21. The minimum atomic E-state index is 0.667. The molecule has 0 saturated carbocycles. The summed E-state index contributed by atoms with van der Waals surface area (Å²) >= 11 is 0. The third-order valence-corrected chi connectivity index (χ3v) is 3.42. The number of aromatic nitrogens is 2. The summed E-state index contributed by atoms with van der Waals surface area (Å²) < 4.78 is 2.22. The van der Waals surface area contributed by atoms with Crippen molar-refractivity contribution < 1.29 is 0 Å². The van der Waals surface area contributed by atoms with Crippen molar-refractivity contribution in [2.75, 3.05) is 6.54 Å². The topological polar surface area (TPSA) is 29.9 Å². The summed E-state index contributed by atoms with van der Waals surface area (Å²) in [6, 6.07) is 8.85. The van der Waals surface area contributed by atoms with Crippen LogP contribution in [-0.2, 0) is 19.5 Å². The Kier molecular flexibility index (Phi) is 5.36. The van der Waals surface area contributed by atoms with Crippen LogP contribution in [0.25, 0.3) is 0 Å². The maximum atomic E-state index is 4.44.